The minimum absolute atomic E-state index is 0.0901. The average Bonchev–Trinajstić information content (AvgIpc) is 2.62. The van der Waals surface area contributed by atoms with Gasteiger partial charge >= 0.3 is 0 Å². The van der Waals surface area contributed by atoms with E-state index in [1.165, 1.54) is 6.07 Å². The number of pyridine rings is 1. The zero-order valence-corrected chi connectivity index (χ0v) is 12.6. The Morgan fingerprint density at radius 1 is 0.833 bits per heavy atom. The molecule has 4 aromatic rings. The van der Waals surface area contributed by atoms with Gasteiger partial charge in [0.05, 0.1) is 0 Å². The highest BCUT2D eigenvalue weighted by molar-refractivity contribution is 5.89. The number of aromatic nitrogens is 1. The molecule has 0 atom stereocenters. The van der Waals surface area contributed by atoms with E-state index in [0.29, 0.717) is 11.3 Å². The van der Waals surface area contributed by atoms with Gasteiger partial charge in [-0.05, 0) is 35.4 Å². The minimum atomic E-state index is -0.270. The van der Waals surface area contributed by atoms with E-state index in [0.717, 1.165) is 16.7 Å². The van der Waals surface area contributed by atoms with Gasteiger partial charge in [-0.15, -0.1) is 0 Å². The summed E-state index contributed by atoms with van der Waals surface area (Å²) in [6, 6.07) is 17.8. The van der Waals surface area contributed by atoms with E-state index in [4.69, 9.17) is 4.42 Å². The first kappa shape index (κ1) is 14.2. The maximum Gasteiger partial charge on any atom is 0.197 e. The fourth-order valence-electron chi connectivity index (χ4n) is 2.72. The third-order valence-electron chi connectivity index (χ3n) is 3.88. The molecule has 0 unspecified atom stereocenters. The number of phenols is 1. The van der Waals surface area contributed by atoms with Crippen LogP contribution in [-0.4, -0.2) is 10.1 Å². The number of rotatable bonds is 2. The van der Waals surface area contributed by atoms with E-state index >= 15 is 0 Å². The quantitative estimate of drug-likeness (QED) is 0.601. The lowest BCUT2D eigenvalue weighted by atomic mass is 10.0. The minimum Gasteiger partial charge on any atom is -0.507 e. The summed E-state index contributed by atoms with van der Waals surface area (Å²) < 4.78 is 5.90. The standard InChI is InChI=1S/C20H13NO3/c22-16-10-15(13-6-8-21-9-7-13)11-19-20(16)17(23)12-18(24-19)14-4-2-1-3-5-14/h1-12,22H. The number of hydrogen-bond acceptors (Lipinski definition) is 4. The third kappa shape index (κ3) is 2.44. The topological polar surface area (TPSA) is 63.3 Å². The van der Waals surface area contributed by atoms with Crippen LogP contribution in [0.3, 0.4) is 0 Å². The van der Waals surface area contributed by atoms with Crippen LogP contribution in [0.1, 0.15) is 0 Å². The van der Waals surface area contributed by atoms with E-state index in [-0.39, 0.29) is 16.6 Å². The van der Waals surface area contributed by atoms with Gasteiger partial charge in [-0.3, -0.25) is 9.78 Å². The van der Waals surface area contributed by atoms with Crippen molar-refractivity contribution < 1.29 is 9.52 Å². The molecule has 2 aromatic carbocycles. The molecule has 4 rings (SSSR count). The zero-order valence-electron chi connectivity index (χ0n) is 12.6. The van der Waals surface area contributed by atoms with Gasteiger partial charge in [0, 0.05) is 24.0 Å². The fraction of sp³-hybridized carbons (Fsp3) is 0. The van der Waals surface area contributed by atoms with Gasteiger partial charge in [-0.2, -0.15) is 0 Å². The monoisotopic (exact) mass is 315 g/mol. The summed E-state index contributed by atoms with van der Waals surface area (Å²) in [5, 5.41) is 10.5. The highest BCUT2D eigenvalue weighted by Crippen LogP contribution is 2.32. The van der Waals surface area contributed by atoms with Crippen LogP contribution in [0.5, 0.6) is 5.75 Å². The summed E-state index contributed by atoms with van der Waals surface area (Å²) in [7, 11) is 0. The average molecular weight is 315 g/mol. The number of nitrogens with zero attached hydrogens (tertiary/aromatic N) is 1. The Kier molecular flexibility index (Phi) is 3.35. The SMILES string of the molecule is O=c1cc(-c2ccccc2)oc2cc(-c3ccncc3)cc(O)c12. The molecule has 0 bridgehead atoms. The van der Waals surface area contributed by atoms with Crippen LogP contribution in [0, 0.1) is 0 Å². The van der Waals surface area contributed by atoms with Gasteiger partial charge in [0.25, 0.3) is 0 Å². The maximum atomic E-state index is 12.4. The van der Waals surface area contributed by atoms with Gasteiger partial charge in [-0.25, -0.2) is 0 Å². The van der Waals surface area contributed by atoms with Crippen LogP contribution < -0.4 is 5.43 Å². The first-order valence-corrected chi connectivity index (χ1v) is 7.49. The number of hydrogen-bond donors (Lipinski definition) is 1. The highest BCUT2D eigenvalue weighted by Gasteiger charge is 2.12. The molecule has 4 nitrogen and oxygen atoms in total. The molecule has 24 heavy (non-hydrogen) atoms. The summed E-state index contributed by atoms with van der Waals surface area (Å²) in [6.45, 7) is 0. The zero-order chi connectivity index (χ0) is 16.5. The number of aromatic hydroxyl groups is 1. The van der Waals surface area contributed by atoms with Crippen molar-refractivity contribution in [2.24, 2.45) is 0 Å². The number of benzene rings is 2. The van der Waals surface area contributed by atoms with E-state index in [9.17, 15) is 9.90 Å². The van der Waals surface area contributed by atoms with Gasteiger partial charge in [-0.1, -0.05) is 30.3 Å². The second kappa shape index (κ2) is 5.66. The van der Waals surface area contributed by atoms with E-state index in [1.807, 2.05) is 42.5 Å². The van der Waals surface area contributed by atoms with Crippen LogP contribution in [0.4, 0.5) is 0 Å². The van der Waals surface area contributed by atoms with Crippen LogP contribution in [0.15, 0.2) is 82.3 Å². The molecule has 0 amide bonds. The maximum absolute atomic E-state index is 12.4. The van der Waals surface area contributed by atoms with Crippen molar-refractivity contribution in [2.45, 2.75) is 0 Å². The highest BCUT2D eigenvalue weighted by atomic mass is 16.3. The van der Waals surface area contributed by atoms with Crippen molar-refractivity contribution >= 4 is 11.0 Å². The number of fused-ring (bicyclic) bond motifs is 1. The molecule has 1 N–H and O–H groups in total. The predicted octanol–water partition coefficient (Wildman–Crippen LogP) is 4.23. The molecule has 0 fully saturated rings. The molecule has 0 aliphatic rings. The Morgan fingerprint density at radius 2 is 1.58 bits per heavy atom. The molecule has 0 saturated carbocycles. The smallest absolute Gasteiger partial charge is 0.197 e. The predicted molar refractivity (Wildman–Crippen MR) is 92.8 cm³/mol. The van der Waals surface area contributed by atoms with Gasteiger partial charge in [0.2, 0.25) is 0 Å². The largest absolute Gasteiger partial charge is 0.507 e. The molecule has 0 radical (unpaired) electrons. The lowest BCUT2D eigenvalue weighted by molar-refractivity contribution is 0.480. The molecule has 0 aliphatic carbocycles. The third-order valence-corrected chi connectivity index (χ3v) is 3.88. The molecular weight excluding hydrogens is 302 g/mol. The lowest BCUT2D eigenvalue weighted by Crippen LogP contribution is -2.01. The van der Waals surface area contributed by atoms with E-state index < -0.39 is 0 Å². The van der Waals surface area contributed by atoms with Crippen LogP contribution in [0.25, 0.3) is 33.4 Å². The molecule has 2 aromatic heterocycles. The summed E-state index contributed by atoms with van der Waals surface area (Å²) >= 11 is 0. The lowest BCUT2D eigenvalue weighted by Gasteiger charge is -2.07. The van der Waals surface area contributed by atoms with Crippen molar-refractivity contribution in [2.75, 3.05) is 0 Å². The summed E-state index contributed by atoms with van der Waals surface area (Å²) in [5.41, 5.74) is 2.54. The van der Waals surface area contributed by atoms with Crippen molar-refractivity contribution in [1.82, 2.24) is 4.98 Å². The Hall–Kier alpha value is -3.40. The van der Waals surface area contributed by atoms with Crippen molar-refractivity contribution in [3.63, 3.8) is 0 Å². The Labute approximate surface area is 137 Å². The Bertz CT molecular complexity index is 1070. The second-order valence-corrected chi connectivity index (χ2v) is 5.45. The Balaban J connectivity index is 1.98. The molecule has 0 spiro atoms. The molecule has 2 heterocycles. The molecule has 116 valence electrons. The van der Waals surface area contributed by atoms with Gasteiger partial charge < -0.3 is 9.52 Å². The van der Waals surface area contributed by atoms with Crippen LogP contribution in [-0.2, 0) is 0 Å². The first-order valence-electron chi connectivity index (χ1n) is 7.49. The normalized spacial score (nSPS) is 10.8. The van der Waals surface area contributed by atoms with Crippen molar-refractivity contribution in [1.29, 1.82) is 0 Å². The van der Waals surface area contributed by atoms with Crippen molar-refractivity contribution in [3.05, 3.63) is 83.3 Å². The molecule has 0 aliphatic heterocycles. The van der Waals surface area contributed by atoms with E-state index in [2.05, 4.69) is 4.98 Å². The Morgan fingerprint density at radius 3 is 2.33 bits per heavy atom. The van der Waals surface area contributed by atoms with Gasteiger partial charge in [0.15, 0.2) is 5.43 Å². The van der Waals surface area contributed by atoms with E-state index in [1.54, 1.807) is 24.5 Å². The van der Waals surface area contributed by atoms with Gasteiger partial charge in [0.1, 0.15) is 22.5 Å². The summed E-state index contributed by atoms with van der Waals surface area (Å²) in [5.74, 6) is 0.382. The van der Waals surface area contributed by atoms with Crippen molar-refractivity contribution in [3.8, 4) is 28.2 Å². The molecule has 4 heteroatoms. The summed E-state index contributed by atoms with van der Waals surface area (Å²) in [6.07, 6.45) is 3.35. The first-order chi connectivity index (χ1) is 11.7. The molecule has 0 saturated heterocycles. The van der Waals surface area contributed by atoms with Crippen LogP contribution >= 0.6 is 0 Å². The fourth-order valence-corrected chi connectivity index (χ4v) is 2.72. The second-order valence-electron chi connectivity index (χ2n) is 5.45. The summed E-state index contributed by atoms with van der Waals surface area (Å²) in [4.78, 5) is 16.4. The number of phenolic OH excluding ortho intramolecular Hbond substituents is 1. The molecular formula is C20H13NO3. The van der Waals surface area contributed by atoms with Crippen LogP contribution in [0.2, 0.25) is 0 Å².